The van der Waals surface area contributed by atoms with Crippen LogP contribution >= 0.6 is 11.6 Å². The van der Waals surface area contributed by atoms with Gasteiger partial charge in [-0.15, -0.1) is 0 Å². The Kier molecular flexibility index (Phi) is 4.30. The maximum Gasteiger partial charge on any atom is 0.257 e. The zero-order chi connectivity index (χ0) is 16.4. The minimum absolute atomic E-state index is 0.0996. The van der Waals surface area contributed by atoms with Crippen LogP contribution in [0.2, 0.25) is 5.02 Å². The average molecular weight is 334 g/mol. The van der Waals surface area contributed by atoms with Crippen LogP contribution in [-0.4, -0.2) is 42.2 Å². The van der Waals surface area contributed by atoms with Gasteiger partial charge >= 0.3 is 0 Å². The molecule has 1 aliphatic heterocycles. The van der Waals surface area contributed by atoms with Crippen LogP contribution in [-0.2, 0) is 0 Å². The van der Waals surface area contributed by atoms with E-state index in [1.165, 1.54) is 23.1 Å². The number of hydrogen-bond acceptors (Lipinski definition) is 4. The predicted molar refractivity (Wildman–Crippen MR) is 86.4 cm³/mol. The summed E-state index contributed by atoms with van der Waals surface area (Å²) < 4.78 is 11.5. The number of carbonyl (C=O) groups excluding carboxylic acids is 1. The van der Waals surface area contributed by atoms with E-state index in [-0.39, 0.29) is 23.3 Å². The standard InChI is InChI=1S/C17H16ClNO4/c1-19(17(21)13-8-11(18)6-7-14(13)20)9-12-10-22-15-4-2-3-5-16(15)23-12/h2-8,12,20H,9-10H2,1H3/t12-/m0/s1. The molecule has 0 fully saturated rings. The number of likely N-dealkylation sites (N-methyl/N-ethyl adjacent to an activating group) is 1. The number of fused-ring (bicyclic) bond motifs is 1. The van der Waals surface area contributed by atoms with E-state index in [2.05, 4.69) is 0 Å². The lowest BCUT2D eigenvalue weighted by molar-refractivity contribution is 0.0519. The number of hydrogen-bond donors (Lipinski definition) is 1. The molecular weight excluding hydrogens is 318 g/mol. The number of benzene rings is 2. The van der Waals surface area contributed by atoms with Gasteiger partial charge in [0.15, 0.2) is 17.6 Å². The Balaban J connectivity index is 1.69. The van der Waals surface area contributed by atoms with Crippen LogP contribution in [0.5, 0.6) is 17.2 Å². The SMILES string of the molecule is CN(C[C@H]1COc2ccccc2O1)C(=O)c1cc(Cl)ccc1O. The Morgan fingerprint density at radius 2 is 2.04 bits per heavy atom. The number of halogens is 1. The monoisotopic (exact) mass is 333 g/mol. The Morgan fingerprint density at radius 1 is 1.30 bits per heavy atom. The lowest BCUT2D eigenvalue weighted by Crippen LogP contribution is -2.41. The van der Waals surface area contributed by atoms with Crippen LogP contribution in [0, 0.1) is 0 Å². The van der Waals surface area contributed by atoms with Gasteiger partial charge in [0.2, 0.25) is 0 Å². The van der Waals surface area contributed by atoms with Gasteiger partial charge in [-0.1, -0.05) is 23.7 Å². The van der Waals surface area contributed by atoms with E-state index in [0.717, 1.165) is 0 Å². The molecule has 0 saturated carbocycles. The Hall–Kier alpha value is -2.40. The van der Waals surface area contributed by atoms with Crippen molar-refractivity contribution in [2.45, 2.75) is 6.10 Å². The van der Waals surface area contributed by atoms with Crippen molar-refractivity contribution in [3.63, 3.8) is 0 Å². The Morgan fingerprint density at radius 3 is 2.83 bits per heavy atom. The molecule has 5 nitrogen and oxygen atoms in total. The number of nitrogens with zero attached hydrogens (tertiary/aromatic N) is 1. The fourth-order valence-electron chi connectivity index (χ4n) is 2.43. The van der Waals surface area contributed by atoms with Gasteiger partial charge in [0.25, 0.3) is 5.91 Å². The summed E-state index contributed by atoms with van der Waals surface area (Å²) >= 11 is 5.89. The van der Waals surface area contributed by atoms with Crippen LogP contribution in [0.4, 0.5) is 0 Å². The zero-order valence-electron chi connectivity index (χ0n) is 12.5. The van der Waals surface area contributed by atoms with E-state index < -0.39 is 0 Å². The molecule has 2 aromatic rings. The van der Waals surface area contributed by atoms with Gasteiger partial charge in [0, 0.05) is 12.1 Å². The first-order valence-corrected chi connectivity index (χ1v) is 7.55. The minimum Gasteiger partial charge on any atom is -0.507 e. The number of para-hydroxylation sites is 2. The van der Waals surface area contributed by atoms with Gasteiger partial charge in [0.05, 0.1) is 12.1 Å². The maximum atomic E-state index is 12.4. The average Bonchev–Trinajstić information content (AvgIpc) is 2.56. The summed E-state index contributed by atoms with van der Waals surface area (Å²) in [6, 6.07) is 11.8. The molecule has 1 aliphatic rings. The van der Waals surface area contributed by atoms with Gasteiger partial charge in [-0.2, -0.15) is 0 Å². The quantitative estimate of drug-likeness (QED) is 0.938. The second-order valence-electron chi connectivity index (χ2n) is 5.34. The molecule has 0 spiro atoms. The molecule has 2 aromatic carbocycles. The number of rotatable bonds is 3. The smallest absolute Gasteiger partial charge is 0.257 e. The first-order valence-electron chi connectivity index (χ1n) is 7.17. The highest BCUT2D eigenvalue weighted by atomic mass is 35.5. The van der Waals surface area contributed by atoms with E-state index in [1.54, 1.807) is 7.05 Å². The maximum absolute atomic E-state index is 12.4. The summed E-state index contributed by atoms with van der Waals surface area (Å²) in [7, 11) is 1.65. The fourth-order valence-corrected chi connectivity index (χ4v) is 2.60. The van der Waals surface area contributed by atoms with E-state index in [4.69, 9.17) is 21.1 Å². The van der Waals surface area contributed by atoms with Crippen molar-refractivity contribution >= 4 is 17.5 Å². The van der Waals surface area contributed by atoms with Crippen LogP contribution in [0.25, 0.3) is 0 Å². The van der Waals surface area contributed by atoms with Crippen LogP contribution in [0.1, 0.15) is 10.4 Å². The van der Waals surface area contributed by atoms with E-state index in [9.17, 15) is 9.90 Å². The number of aromatic hydroxyl groups is 1. The van der Waals surface area contributed by atoms with E-state index in [1.807, 2.05) is 24.3 Å². The summed E-state index contributed by atoms with van der Waals surface area (Å²) in [5, 5.41) is 10.2. The lowest BCUT2D eigenvalue weighted by atomic mass is 10.1. The summed E-state index contributed by atoms with van der Waals surface area (Å²) in [5.74, 6) is 0.935. The first-order chi connectivity index (χ1) is 11.0. The molecule has 120 valence electrons. The molecule has 0 aliphatic carbocycles. The summed E-state index contributed by atoms with van der Waals surface area (Å²) in [6.07, 6.45) is -0.278. The van der Waals surface area contributed by atoms with Gasteiger partial charge in [-0.25, -0.2) is 0 Å². The molecule has 1 amide bonds. The Labute approximate surface area is 139 Å². The highest BCUT2D eigenvalue weighted by Gasteiger charge is 2.25. The molecule has 0 unspecified atom stereocenters. The highest BCUT2D eigenvalue weighted by Crippen LogP contribution is 2.31. The van der Waals surface area contributed by atoms with Gasteiger partial charge in [0.1, 0.15) is 12.4 Å². The number of carbonyl (C=O) groups is 1. The summed E-state index contributed by atoms with van der Waals surface area (Å²) in [4.78, 5) is 13.9. The number of phenolic OH excluding ortho intramolecular Hbond substituents is 1. The lowest BCUT2D eigenvalue weighted by Gasteiger charge is -2.29. The van der Waals surface area contributed by atoms with Crippen molar-refractivity contribution in [1.82, 2.24) is 4.90 Å². The van der Waals surface area contributed by atoms with Gasteiger partial charge in [-0.3, -0.25) is 4.79 Å². The molecule has 1 N–H and O–H groups in total. The second-order valence-corrected chi connectivity index (χ2v) is 5.78. The first kappa shape index (κ1) is 15.5. The van der Waals surface area contributed by atoms with Crippen molar-refractivity contribution in [3.8, 4) is 17.2 Å². The van der Waals surface area contributed by atoms with Crippen LogP contribution in [0.3, 0.4) is 0 Å². The normalized spacial score (nSPS) is 16.0. The third-order valence-corrected chi connectivity index (χ3v) is 3.82. The van der Waals surface area contributed by atoms with Crippen molar-refractivity contribution in [1.29, 1.82) is 0 Å². The number of amides is 1. The van der Waals surface area contributed by atoms with Crippen LogP contribution < -0.4 is 9.47 Å². The third kappa shape index (κ3) is 3.35. The van der Waals surface area contributed by atoms with Crippen molar-refractivity contribution < 1.29 is 19.4 Å². The summed E-state index contributed by atoms with van der Waals surface area (Å²) in [5.41, 5.74) is 0.164. The minimum atomic E-state index is -0.326. The molecule has 0 radical (unpaired) electrons. The molecule has 3 rings (SSSR count). The number of phenols is 1. The molecule has 23 heavy (non-hydrogen) atoms. The molecule has 0 saturated heterocycles. The van der Waals surface area contributed by atoms with Gasteiger partial charge in [-0.05, 0) is 30.3 Å². The summed E-state index contributed by atoms with van der Waals surface area (Å²) in [6.45, 7) is 0.690. The van der Waals surface area contributed by atoms with Crippen LogP contribution in [0.15, 0.2) is 42.5 Å². The zero-order valence-corrected chi connectivity index (χ0v) is 13.3. The van der Waals surface area contributed by atoms with E-state index >= 15 is 0 Å². The molecule has 1 heterocycles. The van der Waals surface area contributed by atoms with Crippen molar-refractivity contribution in [2.75, 3.05) is 20.2 Å². The third-order valence-electron chi connectivity index (χ3n) is 3.58. The van der Waals surface area contributed by atoms with Crippen molar-refractivity contribution in [3.05, 3.63) is 53.1 Å². The van der Waals surface area contributed by atoms with Gasteiger partial charge < -0.3 is 19.5 Å². The molecule has 0 aromatic heterocycles. The highest BCUT2D eigenvalue weighted by molar-refractivity contribution is 6.31. The topological polar surface area (TPSA) is 59.0 Å². The molecule has 1 atom stereocenters. The van der Waals surface area contributed by atoms with Crippen molar-refractivity contribution in [2.24, 2.45) is 0 Å². The fraction of sp³-hybridized carbons (Fsp3) is 0.235. The number of ether oxygens (including phenoxy) is 2. The molecule has 6 heteroatoms. The molecular formula is C17H16ClNO4. The largest absolute Gasteiger partial charge is 0.507 e. The Bertz CT molecular complexity index is 734. The van der Waals surface area contributed by atoms with E-state index in [0.29, 0.717) is 29.7 Å². The second kappa shape index (κ2) is 6.38. The molecule has 0 bridgehead atoms. The predicted octanol–water partition coefficient (Wildman–Crippen LogP) is 2.96.